The molecule has 2 heterocycles. The summed E-state index contributed by atoms with van der Waals surface area (Å²) >= 11 is 0. The second kappa shape index (κ2) is 5.89. The molecule has 0 radical (unpaired) electrons. The van der Waals surface area contributed by atoms with E-state index in [1.165, 1.54) is 51.5 Å². The second-order valence-corrected chi connectivity index (χ2v) is 4.77. The van der Waals surface area contributed by atoms with Crippen molar-refractivity contribution >= 4 is 0 Å². The summed E-state index contributed by atoms with van der Waals surface area (Å²) in [7, 11) is 0. The highest BCUT2D eigenvalue weighted by atomic mass is 15.4. The Kier molecular flexibility index (Phi) is 5.11. The zero-order chi connectivity index (χ0) is 11.3. The van der Waals surface area contributed by atoms with E-state index in [0.717, 1.165) is 6.04 Å². The Morgan fingerprint density at radius 3 is 2.47 bits per heavy atom. The Balaban J connectivity index is 0.000000531. The first-order chi connectivity index (χ1) is 7.35. The van der Waals surface area contributed by atoms with Crippen LogP contribution in [0.1, 0.15) is 72.6 Å². The largest absolute Gasteiger partial charge is 0.291 e. The second-order valence-electron chi connectivity index (χ2n) is 4.77. The molecule has 2 rings (SSSR count). The third-order valence-electron chi connectivity index (χ3n) is 4.20. The third-order valence-corrected chi connectivity index (χ3v) is 4.20. The Hall–Kier alpha value is -0.0400. The van der Waals surface area contributed by atoms with E-state index < -0.39 is 0 Å². The topological polar surface area (TPSA) is 3.01 Å². The van der Waals surface area contributed by atoms with Crippen LogP contribution in [0.3, 0.4) is 0 Å². The van der Waals surface area contributed by atoms with Gasteiger partial charge in [0.25, 0.3) is 0 Å². The average Bonchev–Trinajstić information content (AvgIpc) is 2.98. The van der Waals surface area contributed by atoms with E-state index in [1.807, 2.05) is 13.8 Å². The minimum atomic E-state index is 0.688. The smallest absolute Gasteiger partial charge is 0.0366 e. The maximum Gasteiger partial charge on any atom is 0.0366 e. The van der Waals surface area contributed by atoms with Crippen LogP contribution in [0.4, 0.5) is 0 Å². The number of piperidine rings is 1. The molecule has 3 atom stereocenters. The molecule has 2 aliphatic heterocycles. The standard InChI is InChI=1S/C12H23N.C2H6/c1-3-5-8-11-12(4-2)9-6-7-10-13(11)12;1-2/h11H,3-10H2,1-2H3;1-2H3. The van der Waals surface area contributed by atoms with Gasteiger partial charge in [-0.3, -0.25) is 4.90 Å². The third kappa shape index (κ3) is 2.38. The van der Waals surface area contributed by atoms with Crippen molar-refractivity contribution in [2.45, 2.75) is 84.2 Å². The van der Waals surface area contributed by atoms with Crippen molar-refractivity contribution in [3.8, 4) is 0 Å². The molecular weight excluding hydrogens is 182 g/mol. The van der Waals surface area contributed by atoms with Gasteiger partial charge in [0.15, 0.2) is 0 Å². The van der Waals surface area contributed by atoms with Gasteiger partial charge in [0.1, 0.15) is 0 Å². The van der Waals surface area contributed by atoms with E-state index in [2.05, 4.69) is 18.7 Å². The highest BCUT2D eigenvalue weighted by molar-refractivity contribution is 5.17. The van der Waals surface area contributed by atoms with Crippen molar-refractivity contribution in [1.82, 2.24) is 4.90 Å². The van der Waals surface area contributed by atoms with E-state index in [9.17, 15) is 0 Å². The molecule has 2 aliphatic rings. The molecule has 0 aromatic rings. The van der Waals surface area contributed by atoms with Crippen LogP contribution in [0.5, 0.6) is 0 Å². The zero-order valence-electron chi connectivity index (χ0n) is 11.2. The Bertz CT molecular complexity index is 178. The molecule has 1 heteroatoms. The van der Waals surface area contributed by atoms with Gasteiger partial charge in [0.05, 0.1) is 0 Å². The lowest BCUT2D eigenvalue weighted by Crippen LogP contribution is -2.23. The fraction of sp³-hybridized carbons (Fsp3) is 1.00. The van der Waals surface area contributed by atoms with Crippen molar-refractivity contribution in [2.24, 2.45) is 0 Å². The molecule has 3 unspecified atom stereocenters. The lowest BCUT2D eigenvalue weighted by Gasteiger charge is -2.20. The van der Waals surface area contributed by atoms with Crippen molar-refractivity contribution in [3.63, 3.8) is 0 Å². The monoisotopic (exact) mass is 211 g/mol. The first kappa shape index (κ1) is 13.0. The molecule has 0 aromatic heterocycles. The predicted molar refractivity (Wildman–Crippen MR) is 68.2 cm³/mol. The summed E-state index contributed by atoms with van der Waals surface area (Å²) in [6.07, 6.45) is 10.1. The van der Waals surface area contributed by atoms with Gasteiger partial charge >= 0.3 is 0 Å². The molecule has 0 saturated carbocycles. The molecule has 1 nitrogen and oxygen atoms in total. The molecule has 0 N–H and O–H groups in total. The highest BCUT2D eigenvalue weighted by Crippen LogP contribution is 2.52. The fourth-order valence-corrected chi connectivity index (χ4v) is 3.35. The molecule has 0 aromatic carbocycles. The molecule has 0 amide bonds. The van der Waals surface area contributed by atoms with Crippen LogP contribution in [-0.2, 0) is 0 Å². The molecule has 0 spiro atoms. The summed E-state index contributed by atoms with van der Waals surface area (Å²) in [5.41, 5.74) is 0.688. The van der Waals surface area contributed by atoms with Crippen LogP contribution < -0.4 is 0 Å². The Labute approximate surface area is 96.2 Å². The maximum absolute atomic E-state index is 2.78. The Morgan fingerprint density at radius 2 is 1.93 bits per heavy atom. The van der Waals surface area contributed by atoms with Gasteiger partial charge in [-0.05, 0) is 32.2 Å². The first-order valence-corrected chi connectivity index (χ1v) is 7.12. The van der Waals surface area contributed by atoms with Gasteiger partial charge in [0, 0.05) is 11.6 Å². The van der Waals surface area contributed by atoms with E-state index in [0.29, 0.717) is 5.54 Å². The minimum absolute atomic E-state index is 0.688. The summed E-state index contributed by atoms with van der Waals surface area (Å²) in [6.45, 7) is 10.1. The lowest BCUT2D eigenvalue weighted by molar-refractivity contribution is 0.309. The molecule has 2 saturated heterocycles. The molecule has 0 bridgehead atoms. The van der Waals surface area contributed by atoms with Crippen LogP contribution >= 0.6 is 0 Å². The van der Waals surface area contributed by atoms with Crippen LogP contribution in [-0.4, -0.2) is 23.0 Å². The number of nitrogens with zero attached hydrogens (tertiary/aromatic N) is 1. The quantitative estimate of drug-likeness (QED) is 0.629. The molecule has 90 valence electrons. The SMILES string of the molecule is CC.CCCCC1N2CCCCC12CC. The number of unbranched alkanes of at least 4 members (excludes halogenated alkanes) is 1. The van der Waals surface area contributed by atoms with Gasteiger partial charge < -0.3 is 0 Å². The van der Waals surface area contributed by atoms with E-state index in [1.54, 1.807) is 0 Å². The van der Waals surface area contributed by atoms with E-state index in [4.69, 9.17) is 0 Å². The van der Waals surface area contributed by atoms with Crippen LogP contribution in [0.25, 0.3) is 0 Å². The van der Waals surface area contributed by atoms with Gasteiger partial charge in [0.2, 0.25) is 0 Å². The molecule has 2 fully saturated rings. The number of rotatable bonds is 4. The van der Waals surface area contributed by atoms with Gasteiger partial charge in [-0.2, -0.15) is 0 Å². The van der Waals surface area contributed by atoms with Crippen LogP contribution in [0, 0.1) is 0 Å². The number of hydrogen-bond acceptors (Lipinski definition) is 1. The fourth-order valence-electron chi connectivity index (χ4n) is 3.35. The normalized spacial score (nSPS) is 37.6. The van der Waals surface area contributed by atoms with Crippen molar-refractivity contribution in [1.29, 1.82) is 0 Å². The number of hydrogen-bond donors (Lipinski definition) is 0. The van der Waals surface area contributed by atoms with Crippen LogP contribution in [0.2, 0.25) is 0 Å². The number of fused-ring (bicyclic) bond motifs is 1. The first-order valence-electron chi connectivity index (χ1n) is 7.12. The van der Waals surface area contributed by atoms with Crippen molar-refractivity contribution < 1.29 is 0 Å². The molecule has 0 aliphatic carbocycles. The minimum Gasteiger partial charge on any atom is -0.291 e. The summed E-state index contributed by atoms with van der Waals surface area (Å²) in [5.74, 6) is 0. The maximum atomic E-state index is 2.78. The van der Waals surface area contributed by atoms with Gasteiger partial charge in [-0.1, -0.05) is 47.0 Å². The van der Waals surface area contributed by atoms with Crippen LogP contribution in [0.15, 0.2) is 0 Å². The summed E-state index contributed by atoms with van der Waals surface area (Å²) in [4.78, 5) is 2.78. The van der Waals surface area contributed by atoms with Crippen molar-refractivity contribution in [3.05, 3.63) is 0 Å². The van der Waals surface area contributed by atoms with E-state index >= 15 is 0 Å². The highest BCUT2D eigenvalue weighted by Gasteiger charge is 2.60. The van der Waals surface area contributed by atoms with Gasteiger partial charge in [-0.25, -0.2) is 0 Å². The van der Waals surface area contributed by atoms with Gasteiger partial charge in [-0.15, -0.1) is 0 Å². The van der Waals surface area contributed by atoms with E-state index in [-0.39, 0.29) is 0 Å². The summed E-state index contributed by atoms with van der Waals surface area (Å²) in [5, 5.41) is 0. The zero-order valence-corrected chi connectivity index (χ0v) is 11.2. The predicted octanol–water partition coefficient (Wildman–Crippen LogP) is 4.22. The average molecular weight is 211 g/mol. The molecular formula is C14H29N. The molecule has 15 heavy (non-hydrogen) atoms. The summed E-state index contributed by atoms with van der Waals surface area (Å²) < 4.78 is 0. The Morgan fingerprint density at radius 1 is 1.20 bits per heavy atom. The lowest BCUT2D eigenvalue weighted by atomic mass is 9.91. The summed E-state index contributed by atoms with van der Waals surface area (Å²) in [6, 6.07) is 0.972. The van der Waals surface area contributed by atoms with Crippen molar-refractivity contribution in [2.75, 3.05) is 6.54 Å².